The van der Waals surface area contributed by atoms with Crippen molar-refractivity contribution in [3.63, 3.8) is 0 Å². The molecule has 2 atom stereocenters. The topological polar surface area (TPSA) is 78.3 Å². The zero-order valence-electron chi connectivity index (χ0n) is 13.6. The van der Waals surface area contributed by atoms with E-state index < -0.39 is 5.60 Å². The Bertz CT molecular complexity index is 606. The fourth-order valence-corrected chi connectivity index (χ4v) is 3.06. The van der Waals surface area contributed by atoms with Crippen molar-refractivity contribution in [1.82, 2.24) is 4.90 Å². The normalized spacial score (nSPS) is 21.0. The highest BCUT2D eigenvalue weighted by atomic mass is 79.9. The Morgan fingerprint density at radius 1 is 1.39 bits per heavy atom. The molecule has 124 valence electrons. The summed E-state index contributed by atoms with van der Waals surface area (Å²) in [5, 5.41) is 3.65. The number of hydrogen-bond acceptors (Lipinski definition) is 3. The minimum Gasteiger partial charge on any atom is -0.444 e. The van der Waals surface area contributed by atoms with Crippen LogP contribution in [0.5, 0.6) is 0 Å². The predicted octanol–water partition coefficient (Wildman–Crippen LogP) is 5.20. The maximum absolute atomic E-state index is 12.6. The van der Waals surface area contributed by atoms with Gasteiger partial charge in [0.05, 0.1) is 6.04 Å². The lowest BCUT2D eigenvalue weighted by Crippen LogP contribution is -2.42. The van der Waals surface area contributed by atoms with Gasteiger partial charge >= 0.3 is 6.09 Å². The fourth-order valence-electron chi connectivity index (χ4n) is 2.80. The second-order valence-electron chi connectivity index (χ2n) is 6.60. The van der Waals surface area contributed by atoms with Crippen molar-refractivity contribution in [3.05, 3.63) is 44.7 Å². The molecule has 1 aromatic rings. The van der Waals surface area contributed by atoms with Crippen LogP contribution < -0.4 is 0 Å². The Morgan fingerprint density at radius 2 is 2.04 bits per heavy atom. The van der Waals surface area contributed by atoms with E-state index in [9.17, 15) is 4.79 Å². The molecule has 0 aliphatic carbocycles. The molecule has 1 saturated heterocycles. The minimum absolute atomic E-state index is 0.0585. The predicted molar refractivity (Wildman–Crippen MR) is 92.0 cm³/mol. The number of carbonyl (C=O) groups excluding carboxylic acids is 1. The van der Waals surface area contributed by atoms with Gasteiger partial charge in [0.1, 0.15) is 5.60 Å². The van der Waals surface area contributed by atoms with Crippen molar-refractivity contribution in [1.29, 1.82) is 0 Å². The van der Waals surface area contributed by atoms with Crippen LogP contribution in [0.3, 0.4) is 0 Å². The van der Waals surface area contributed by atoms with Gasteiger partial charge < -0.3 is 4.74 Å². The monoisotopic (exact) mass is 380 g/mol. The van der Waals surface area contributed by atoms with Crippen LogP contribution in [0.2, 0.25) is 0 Å². The van der Waals surface area contributed by atoms with E-state index in [1.165, 1.54) is 0 Å². The third-order valence-electron chi connectivity index (χ3n) is 3.72. The smallest absolute Gasteiger partial charge is 0.411 e. The summed E-state index contributed by atoms with van der Waals surface area (Å²) in [5.41, 5.74) is 9.07. The van der Waals surface area contributed by atoms with E-state index in [4.69, 9.17) is 10.3 Å². The molecule has 0 unspecified atom stereocenters. The Hall–Kier alpha value is -1.72. The summed E-state index contributed by atoms with van der Waals surface area (Å²) in [5.74, 6) is 0. The van der Waals surface area contributed by atoms with Crippen molar-refractivity contribution < 1.29 is 9.53 Å². The number of amides is 1. The van der Waals surface area contributed by atoms with Crippen LogP contribution in [0.1, 0.15) is 45.2 Å². The van der Waals surface area contributed by atoms with Crippen LogP contribution in [0.4, 0.5) is 4.79 Å². The summed E-state index contributed by atoms with van der Waals surface area (Å²) in [7, 11) is 0. The number of rotatable bonds is 3. The zero-order valence-corrected chi connectivity index (χ0v) is 15.2. The first-order valence-corrected chi connectivity index (χ1v) is 8.39. The molecule has 0 aromatic heterocycles. The molecular weight excluding hydrogens is 360 g/mol. The first kappa shape index (κ1) is 17.6. The van der Waals surface area contributed by atoms with Gasteiger partial charge in [0.15, 0.2) is 0 Å². The zero-order chi connectivity index (χ0) is 17.0. The van der Waals surface area contributed by atoms with Gasteiger partial charge in [0, 0.05) is 22.0 Å². The number of hydrogen-bond donors (Lipinski definition) is 0. The van der Waals surface area contributed by atoms with Crippen LogP contribution in [0.15, 0.2) is 33.9 Å². The van der Waals surface area contributed by atoms with Gasteiger partial charge in [-0.05, 0) is 56.8 Å². The summed E-state index contributed by atoms with van der Waals surface area (Å²) in [6.07, 6.45) is 1.26. The molecule has 1 aliphatic heterocycles. The van der Waals surface area contributed by atoms with Gasteiger partial charge in [0.25, 0.3) is 0 Å². The third kappa shape index (κ3) is 4.62. The summed E-state index contributed by atoms with van der Waals surface area (Å²) in [6, 6.07) is 7.74. The van der Waals surface area contributed by atoms with E-state index in [2.05, 4.69) is 26.0 Å². The molecule has 0 N–H and O–H groups in total. The molecule has 2 rings (SSSR count). The fraction of sp³-hybridized carbons (Fsp3) is 0.562. The summed E-state index contributed by atoms with van der Waals surface area (Å²) >= 11 is 3.42. The van der Waals surface area contributed by atoms with E-state index in [1.54, 1.807) is 4.90 Å². The largest absolute Gasteiger partial charge is 0.444 e. The third-order valence-corrected chi connectivity index (χ3v) is 4.25. The van der Waals surface area contributed by atoms with Crippen LogP contribution >= 0.6 is 15.9 Å². The van der Waals surface area contributed by atoms with Crippen molar-refractivity contribution in [2.24, 2.45) is 5.11 Å². The Kier molecular flexibility index (Phi) is 5.55. The van der Waals surface area contributed by atoms with Crippen LogP contribution in [-0.2, 0) is 4.74 Å². The molecule has 1 amide bonds. The van der Waals surface area contributed by atoms with Crippen LogP contribution in [0.25, 0.3) is 10.4 Å². The average Bonchev–Trinajstić information content (AvgIpc) is 2.88. The van der Waals surface area contributed by atoms with Crippen molar-refractivity contribution in [3.8, 4) is 0 Å². The quantitative estimate of drug-likeness (QED) is 0.410. The molecule has 6 nitrogen and oxygen atoms in total. The molecule has 0 saturated carbocycles. The number of halogens is 1. The Morgan fingerprint density at radius 3 is 2.61 bits per heavy atom. The lowest BCUT2D eigenvalue weighted by molar-refractivity contribution is 0.0150. The van der Waals surface area contributed by atoms with Crippen LogP contribution in [0, 0.1) is 0 Å². The second kappa shape index (κ2) is 7.23. The van der Waals surface area contributed by atoms with Gasteiger partial charge in [-0.15, -0.1) is 0 Å². The van der Waals surface area contributed by atoms with Gasteiger partial charge in [-0.1, -0.05) is 33.2 Å². The molecule has 1 heterocycles. The SMILES string of the molecule is CC(C)(C)OC(=O)N1[C@H](CN=[N+]=[N-])CC[C@H]1c1ccc(Br)cc1. The molecule has 0 radical (unpaired) electrons. The first-order valence-electron chi connectivity index (χ1n) is 7.59. The lowest BCUT2D eigenvalue weighted by Gasteiger charge is -2.32. The summed E-state index contributed by atoms with van der Waals surface area (Å²) in [4.78, 5) is 17.2. The lowest BCUT2D eigenvalue weighted by atomic mass is 10.1. The van der Waals surface area contributed by atoms with E-state index in [-0.39, 0.29) is 24.7 Å². The minimum atomic E-state index is -0.563. The number of likely N-dealkylation sites (tertiary alicyclic amines) is 1. The number of ether oxygens (including phenoxy) is 1. The number of benzene rings is 1. The van der Waals surface area contributed by atoms with Gasteiger partial charge in [-0.2, -0.15) is 0 Å². The molecule has 1 aromatic carbocycles. The second-order valence-corrected chi connectivity index (χ2v) is 7.52. The van der Waals surface area contributed by atoms with Gasteiger partial charge in [-0.3, -0.25) is 4.90 Å². The van der Waals surface area contributed by atoms with Crippen molar-refractivity contribution in [2.75, 3.05) is 6.54 Å². The molecule has 1 fully saturated rings. The maximum atomic E-state index is 12.6. The number of azide groups is 1. The van der Waals surface area contributed by atoms with Crippen molar-refractivity contribution >= 4 is 22.0 Å². The Balaban J connectivity index is 2.27. The average molecular weight is 381 g/mol. The standard InChI is InChI=1S/C16H21BrN4O2/c1-16(2,3)23-15(22)21-13(10-19-20-18)8-9-14(21)11-4-6-12(17)7-5-11/h4-7,13-14H,8-10H2,1-3H3/t13-,14-/m0/s1. The number of carbonyl (C=O) groups is 1. The highest BCUT2D eigenvalue weighted by Crippen LogP contribution is 2.37. The molecule has 23 heavy (non-hydrogen) atoms. The first-order chi connectivity index (χ1) is 10.8. The van der Waals surface area contributed by atoms with E-state index in [0.29, 0.717) is 0 Å². The molecule has 7 heteroatoms. The van der Waals surface area contributed by atoms with E-state index >= 15 is 0 Å². The summed E-state index contributed by atoms with van der Waals surface area (Å²) in [6.45, 7) is 5.80. The highest BCUT2D eigenvalue weighted by Gasteiger charge is 2.39. The maximum Gasteiger partial charge on any atom is 0.411 e. The molecule has 1 aliphatic rings. The molecular formula is C16H21BrN4O2. The van der Waals surface area contributed by atoms with Gasteiger partial charge in [-0.25, -0.2) is 4.79 Å². The van der Waals surface area contributed by atoms with Crippen LogP contribution in [-0.4, -0.2) is 29.2 Å². The number of nitrogens with zero attached hydrogens (tertiary/aromatic N) is 4. The van der Waals surface area contributed by atoms with Crippen molar-refractivity contribution in [2.45, 2.75) is 51.3 Å². The van der Waals surface area contributed by atoms with Gasteiger partial charge in [0.2, 0.25) is 0 Å². The summed E-state index contributed by atoms with van der Waals surface area (Å²) < 4.78 is 6.54. The highest BCUT2D eigenvalue weighted by molar-refractivity contribution is 9.10. The molecule has 0 bridgehead atoms. The Labute approximate surface area is 144 Å². The van der Waals surface area contributed by atoms with E-state index in [1.807, 2.05) is 45.0 Å². The van der Waals surface area contributed by atoms with E-state index in [0.717, 1.165) is 22.9 Å². The molecule has 0 spiro atoms.